The first-order valence-corrected chi connectivity index (χ1v) is 10.4. The lowest BCUT2D eigenvalue weighted by Gasteiger charge is -2.22. The zero-order valence-corrected chi connectivity index (χ0v) is 18.2. The number of halogens is 3. The van der Waals surface area contributed by atoms with E-state index in [1.54, 1.807) is 18.3 Å². The van der Waals surface area contributed by atoms with Gasteiger partial charge in [0.2, 0.25) is 5.88 Å². The van der Waals surface area contributed by atoms with Crippen molar-refractivity contribution in [2.24, 2.45) is 0 Å². The highest BCUT2D eigenvalue weighted by Crippen LogP contribution is 2.42. The second-order valence-corrected chi connectivity index (χ2v) is 8.86. The number of ether oxygens (including phenoxy) is 1. The van der Waals surface area contributed by atoms with Gasteiger partial charge in [0, 0.05) is 11.8 Å². The first-order chi connectivity index (χ1) is 15.1. The Balaban J connectivity index is 1.69. The normalized spacial score (nSPS) is 12.1. The van der Waals surface area contributed by atoms with Crippen molar-refractivity contribution in [2.75, 3.05) is 5.32 Å². The number of H-pyrrole nitrogens is 1. The molecule has 0 fully saturated rings. The number of thiazole rings is 1. The number of hydrogen-bond donors (Lipinski definition) is 2. The average Bonchev–Trinajstić information content (AvgIpc) is 3.38. The highest BCUT2D eigenvalue weighted by atomic mass is 32.1. The largest absolute Gasteiger partial charge is 0.437 e. The number of alkyl halides is 3. The molecule has 0 radical (unpaired) electrons. The third-order valence-corrected chi connectivity index (χ3v) is 5.42. The van der Waals surface area contributed by atoms with Gasteiger partial charge in [0.25, 0.3) is 0 Å². The van der Waals surface area contributed by atoms with E-state index in [4.69, 9.17) is 4.74 Å². The summed E-state index contributed by atoms with van der Waals surface area (Å²) in [5, 5.41) is 9.00. The number of para-hydroxylation sites is 1. The Morgan fingerprint density at radius 2 is 1.81 bits per heavy atom. The standard InChI is InChI=1S/C21H19F3N6OS/c1-20(2,3)12-7-4-5-9-14(12)31-18-13(8-6-10-25-18)28-19-29-16(21(22,23)24)15(32-19)17-26-11-27-30-17/h4-11H,1-3H3,(H,28,29)(H,26,27,30). The predicted molar refractivity (Wildman–Crippen MR) is 115 cm³/mol. The number of nitrogens with one attached hydrogen (secondary N) is 2. The van der Waals surface area contributed by atoms with E-state index in [-0.39, 0.29) is 27.1 Å². The van der Waals surface area contributed by atoms with Gasteiger partial charge in [-0.3, -0.25) is 5.10 Å². The van der Waals surface area contributed by atoms with Gasteiger partial charge in [0.05, 0.1) is 0 Å². The molecule has 32 heavy (non-hydrogen) atoms. The molecular formula is C21H19F3N6OS. The predicted octanol–water partition coefficient (Wildman–Crippen LogP) is 6.18. The second kappa shape index (κ2) is 8.23. The van der Waals surface area contributed by atoms with Gasteiger partial charge in [-0.05, 0) is 23.6 Å². The van der Waals surface area contributed by atoms with Gasteiger partial charge in [0.15, 0.2) is 16.6 Å². The van der Waals surface area contributed by atoms with E-state index in [9.17, 15) is 13.2 Å². The highest BCUT2D eigenvalue weighted by Gasteiger charge is 2.39. The van der Waals surface area contributed by atoms with Crippen molar-refractivity contribution in [3.8, 4) is 22.3 Å². The Morgan fingerprint density at radius 3 is 2.50 bits per heavy atom. The van der Waals surface area contributed by atoms with Crippen molar-refractivity contribution in [1.29, 1.82) is 0 Å². The first-order valence-electron chi connectivity index (χ1n) is 9.56. The number of hydrogen-bond acceptors (Lipinski definition) is 7. The molecule has 0 bridgehead atoms. The molecule has 0 saturated carbocycles. The van der Waals surface area contributed by atoms with E-state index >= 15 is 0 Å². The molecule has 0 amide bonds. The van der Waals surface area contributed by atoms with Gasteiger partial charge in [0.1, 0.15) is 22.6 Å². The van der Waals surface area contributed by atoms with Crippen molar-refractivity contribution in [2.45, 2.75) is 32.4 Å². The number of rotatable bonds is 5. The summed E-state index contributed by atoms with van der Waals surface area (Å²) >= 11 is 0.802. The van der Waals surface area contributed by atoms with Crippen LogP contribution < -0.4 is 10.1 Å². The lowest BCUT2D eigenvalue weighted by molar-refractivity contribution is -0.140. The van der Waals surface area contributed by atoms with E-state index in [0.717, 1.165) is 23.2 Å². The fraction of sp³-hybridized carbons (Fsp3) is 0.238. The van der Waals surface area contributed by atoms with Crippen LogP contribution in [0.25, 0.3) is 10.7 Å². The molecule has 1 aromatic carbocycles. The maximum absolute atomic E-state index is 13.5. The summed E-state index contributed by atoms with van der Waals surface area (Å²) in [6, 6.07) is 10.9. The Bertz CT molecular complexity index is 1220. The maximum Gasteiger partial charge on any atom is 0.435 e. The summed E-state index contributed by atoms with van der Waals surface area (Å²) < 4.78 is 46.7. The van der Waals surface area contributed by atoms with Crippen LogP contribution >= 0.6 is 11.3 Å². The fourth-order valence-electron chi connectivity index (χ4n) is 3.00. The molecule has 3 aromatic heterocycles. The number of nitrogens with zero attached hydrogens (tertiary/aromatic N) is 4. The zero-order valence-electron chi connectivity index (χ0n) is 17.4. The molecule has 0 aliphatic rings. The van der Waals surface area contributed by atoms with Crippen molar-refractivity contribution >= 4 is 22.2 Å². The van der Waals surface area contributed by atoms with Gasteiger partial charge in [-0.1, -0.05) is 50.3 Å². The third kappa shape index (κ3) is 4.57. The molecule has 2 N–H and O–H groups in total. The van der Waals surface area contributed by atoms with Crippen LogP contribution in [0.5, 0.6) is 11.6 Å². The number of benzene rings is 1. The molecule has 4 rings (SSSR count). The molecule has 0 aliphatic carbocycles. The topological polar surface area (TPSA) is 88.6 Å². The van der Waals surface area contributed by atoms with Gasteiger partial charge in [-0.25, -0.2) is 15.0 Å². The van der Waals surface area contributed by atoms with Gasteiger partial charge < -0.3 is 10.1 Å². The second-order valence-electron chi connectivity index (χ2n) is 7.86. The molecule has 0 unspecified atom stereocenters. The molecule has 0 spiro atoms. The number of aromatic nitrogens is 5. The van der Waals surface area contributed by atoms with Crippen molar-refractivity contribution in [3.05, 3.63) is 60.2 Å². The summed E-state index contributed by atoms with van der Waals surface area (Å²) in [6.07, 6.45) is -1.97. The van der Waals surface area contributed by atoms with Crippen LogP contribution in [0.15, 0.2) is 48.9 Å². The monoisotopic (exact) mass is 460 g/mol. The number of pyridine rings is 1. The highest BCUT2D eigenvalue weighted by molar-refractivity contribution is 7.19. The van der Waals surface area contributed by atoms with Crippen molar-refractivity contribution in [1.82, 2.24) is 25.1 Å². The van der Waals surface area contributed by atoms with Crippen LogP contribution in [0.2, 0.25) is 0 Å². The van der Waals surface area contributed by atoms with E-state index in [1.165, 1.54) is 0 Å². The minimum absolute atomic E-state index is 0.00959. The molecule has 7 nitrogen and oxygen atoms in total. The first kappa shape index (κ1) is 21.8. The summed E-state index contributed by atoms with van der Waals surface area (Å²) in [7, 11) is 0. The van der Waals surface area contributed by atoms with E-state index < -0.39 is 11.9 Å². The third-order valence-electron chi connectivity index (χ3n) is 4.44. The van der Waals surface area contributed by atoms with Crippen LogP contribution in [0.3, 0.4) is 0 Å². The maximum atomic E-state index is 13.5. The summed E-state index contributed by atoms with van der Waals surface area (Å²) in [4.78, 5) is 11.7. The summed E-state index contributed by atoms with van der Waals surface area (Å²) in [5.74, 6) is 0.818. The van der Waals surface area contributed by atoms with E-state index in [2.05, 4.69) is 51.2 Å². The van der Waals surface area contributed by atoms with Crippen molar-refractivity contribution in [3.63, 3.8) is 0 Å². The molecule has 11 heteroatoms. The quantitative estimate of drug-likeness (QED) is 0.370. The molecule has 0 aliphatic heterocycles. The minimum atomic E-state index is -4.65. The molecule has 4 aromatic rings. The fourth-order valence-corrected chi connectivity index (χ4v) is 3.95. The number of aromatic amines is 1. The molecular weight excluding hydrogens is 441 g/mol. The van der Waals surface area contributed by atoms with Crippen LogP contribution in [0.1, 0.15) is 32.0 Å². The Kier molecular flexibility index (Phi) is 5.59. The SMILES string of the molecule is CC(C)(C)c1ccccc1Oc1ncccc1Nc1nc(C(F)(F)F)c(-c2ncn[nH]2)s1. The summed E-state index contributed by atoms with van der Waals surface area (Å²) in [5.41, 5.74) is 0.119. The minimum Gasteiger partial charge on any atom is -0.437 e. The van der Waals surface area contributed by atoms with Crippen LogP contribution in [-0.4, -0.2) is 25.1 Å². The smallest absolute Gasteiger partial charge is 0.435 e. The Labute approximate surface area is 185 Å². The van der Waals surface area contributed by atoms with Gasteiger partial charge in [-0.2, -0.15) is 18.3 Å². The van der Waals surface area contributed by atoms with Crippen LogP contribution in [0.4, 0.5) is 24.0 Å². The molecule has 0 saturated heterocycles. The van der Waals surface area contributed by atoms with Crippen LogP contribution in [0, 0.1) is 0 Å². The molecule has 166 valence electrons. The zero-order chi connectivity index (χ0) is 22.9. The Morgan fingerprint density at radius 1 is 1.03 bits per heavy atom. The Hall–Kier alpha value is -3.47. The lowest BCUT2D eigenvalue weighted by atomic mass is 9.86. The molecule has 3 heterocycles. The van der Waals surface area contributed by atoms with Crippen molar-refractivity contribution < 1.29 is 17.9 Å². The number of anilines is 2. The van der Waals surface area contributed by atoms with Gasteiger partial charge in [-0.15, -0.1) is 0 Å². The lowest BCUT2D eigenvalue weighted by Crippen LogP contribution is -2.12. The van der Waals surface area contributed by atoms with Crippen LogP contribution in [-0.2, 0) is 11.6 Å². The average molecular weight is 460 g/mol. The summed E-state index contributed by atoms with van der Waals surface area (Å²) in [6.45, 7) is 6.18. The van der Waals surface area contributed by atoms with Gasteiger partial charge >= 0.3 is 6.18 Å². The van der Waals surface area contributed by atoms with E-state index in [1.807, 2.05) is 24.3 Å². The van der Waals surface area contributed by atoms with E-state index in [0.29, 0.717) is 11.4 Å². The molecule has 0 atom stereocenters.